The zero-order chi connectivity index (χ0) is 23.8. The molecular formula is C27H29ClN4OS. The summed E-state index contributed by atoms with van der Waals surface area (Å²) in [6, 6.07) is 14.2. The Bertz CT molecular complexity index is 1350. The molecule has 3 heterocycles. The molecule has 0 spiro atoms. The van der Waals surface area contributed by atoms with E-state index in [-0.39, 0.29) is 12.3 Å². The molecular weight excluding hydrogens is 464 g/mol. The molecule has 1 saturated heterocycles. The van der Waals surface area contributed by atoms with Gasteiger partial charge in [-0.05, 0) is 56.4 Å². The number of likely N-dealkylation sites (tertiary alicyclic amines) is 1. The number of benzene rings is 2. The summed E-state index contributed by atoms with van der Waals surface area (Å²) in [4.78, 5) is 21.3. The van der Waals surface area contributed by atoms with Gasteiger partial charge in [0.1, 0.15) is 0 Å². The molecule has 2 aromatic carbocycles. The first-order chi connectivity index (χ1) is 16.4. The normalized spacial score (nSPS) is 14.3. The second-order valence-electron chi connectivity index (χ2n) is 9.37. The van der Waals surface area contributed by atoms with E-state index in [1.54, 1.807) is 11.3 Å². The van der Waals surface area contributed by atoms with Crippen molar-refractivity contribution in [1.82, 2.24) is 19.7 Å². The number of hydrogen-bond acceptors (Lipinski definition) is 4. The quantitative estimate of drug-likeness (QED) is 0.308. The van der Waals surface area contributed by atoms with E-state index in [2.05, 4.69) is 45.0 Å². The van der Waals surface area contributed by atoms with Gasteiger partial charge in [-0.15, -0.1) is 0 Å². The van der Waals surface area contributed by atoms with Gasteiger partial charge in [0.2, 0.25) is 11.0 Å². The minimum atomic E-state index is 0.133. The van der Waals surface area contributed by atoms with Crippen molar-refractivity contribution in [2.45, 2.75) is 52.4 Å². The molecule has 176 valence electrons. The first kappa shape index (κ1) is 23.1. The first-order valence-corrected chi connectivity index (χ1v) is 13.1. The number of hydrogen-bond donors (Lipinski definition) is 0. The van der Waals surface area contributed by atoms with Crippen molar-refractivity contribution < 1.29 is 4.79 Å². The van der Waals surface area contributed by atoms with Crippen molar-refractivity contribution in [2.75, 3.05) is 13.1 Å². The van der Waals surface area contributed by atoms with Crippen LogP contribution < -0.4 is 0 Å². The predicted octanol–water partition coefficient (Wildman–Crippen LogP) is 6.79. The van der Waals surface area contributed by atoms with Gasteiger partial charge in [0.25, 0.3) is 0 Å². The fourth-order valence-electron chi connectivity index (χ4n) is 4.63. The van der Waals surface area contributed by atoms with Gasteiger partial charge in [0.15, 0.2) is 0 Å². The van der Waals surface area contributed by atoms with Crippen LogP contribution in [0.3, 0.4) is 0 Å². The Labute approximate surface area is 209 Å². The number of rotatable bonds is 5. The third-order valence-corrected chi connectivity index (χ3v) is 7.95. The fourth-order valence-corrected chi connectivity index (χ4v) is 5.86. The number of nitrogens with zero attached hydrogens (tertiary/aromatic N) is 4. The summed E-state index contributed by atoms with van der Waals surface area (Å²) in [6.45, 7) is 8.16. The van der Waals surface area contributed by atoms with Gasteiger partial charge in [-0.3, -0.25) is 4.79 Å². The minimum Gasteiger partial charge on any atom is -0.342 e. The second-order valence-corrected chi connectivity index (χ2v) is 10.8. The Balaban J connectivity index is 1.59. The number of aryl methyl sites for hydroxylation is 1. The maximum atomic E-state index is 13.0. The third kappa shape index (κ3) is 4.49. The molecule has 7 heteroatoms. The van der Waals surface area contributed by atoms with Crippen LogP contribution in [0.25, 0.3) is 27.3 Å². The molecule has 1 amide bonds. The number of amides is 1. The van der Waals surface area contributed by atoms with Crippen molar-refractivity contribution in [3.05, 3.63) is 63.6 Å². The van der Waals surface area contributed by atoms with Gasteiger partial charge in [-0.25, -0.2) is 9.67 Å². The summed E-state index contributed by atoms with van der Waals surface area (Å²) in [7, 11) is 0. The van der Waals surface area contributed by atoms with Crippen LogP contribution in [-0.4, -0.2) is 38.7 Å². The molecule has 1 aliphatic rings. The Morgan fingerprint density at radius 2 is 1.91 bits per heavy atom. The van der Waals surface area contributed by atoms with Gasteiger partial charge in [-0.2, -0.15) is 5.10 Å². The lowest BCUT2D eigenvalue weighted by Gasteiger charge is -2.26. The summed E-state index contributed by atoms with van der Waals surface area (Å²) in [6.07, 6.45) is 3.62. The molecule has 0 radical (unpaired) electrons. The molecule has 5 nitrogen and oxygen atoms in total. The Morgan fingerprint density at radius 3 is 2.65 bits per heavy atom. The van der Waals surface area contributed by atoms with E-state index < -0.39 is 0 Å². The maximum Gasteiger partial charge on any atom is 0.228 e. The molecule has 0 atom stereocenters. The van der Waals surface area contributed by atoms with Crippen LogP contribution in [0.2, 0.25) is 5.02 Å². The Hall–Kier alpha value is -2.70. The largest absolute Gasteiger partial charge is 0.342 e. The summed E-state index contributed by atoms with van der Waals surface area (Å²) >= 11 is 8.01. The number of fused-ring (bicyclic) bond motifs is 1. The van der Waals surface area contributed by atoms with Gasteiger partial charge in [0.05, 0.1) is 23.3 Å². The highest BCUT2D eigenvalue weighted by Crippen LogP contribution is 2.37. The molecule has 0 unspecified atom stereocenters. The lowest BCUT2D eigenvalue weighted by molar-refractivity contribution is -0.131. The zero-order valence-corrected chi connectivity index (χ0v) is 21.4. The molecule has 0 aliphatic carbocycles. The van der Waals surface area contributed by atoms with E-state index in [0.717, 1.165) is 58.9 Å². The van der Waals surface area contributed by atoms with Crippen molar-refractivity contribution in [2.24, 2.45) is 0 Å². The monoisotopic (exact) mass is 492 g/mol. The summed E-state index contributed by atoms with van der Waals surface area (Å²) in [5, 5.41) is 7.28. The van der Waals surface area contributed by atoms with Gasteiger partial charge in [0, 0.05) is 33.9 Å². The molecule has 0 N–H and O–H groups in total. The number of thiazole rings is 1. The zero-order valence-electron chi connectivity index (χ0n) is 19.8. The SMILES string of the molecule is Cc1cccc(-c2nc(-n3nc(CC(=O)N4CCCCC4)c4cc(Cl)ccc43)sc2C(C)C)c1. The van der Waals surface area contributed by atoms with E-state index in [0.29, 0.717) is 10.9 Å². The highest BCUT2D eigenvalue weighted by molar-refractivity contribution is 7.14. The summed E-state index contributed by atoms with van der Waals surface area (Å²) < 4.78 is 1.89. The average Bonchev–Trinajstić information content (AvgIpc) is 3.42. The summed E-state index contributed by atoms with van der Waals surface area (Å²) in [5.41, 5.74) is 5.00. The van der Waals surface area contributed by atoms with Gasteiger partial charge < -0.3 is 4.90 Å². The van der Waals surface area contributed by atoms with Crippen LogP contribution in [0.5, 0.6) is 0 Å². The molecule has 0 bridgehead atoms. The van der Waals surface area contributed by atoms with Gasteiger partial charge in [-0.1, -0.05) is 60.5 Å². The molecule has 1 fully saturated rings. The van der Waals surface area contributed by atoms with E-state index in [1.165, 1.54) is 16.9 Å². The Morgan fingerprint density at radius 1 is 1.12 bits per heavy atom. The highest BCUT2D eigenvalue weighted by atomic mass is 35.5. The minimum absolute atomic E-state index is 0.133. The van der Waals surface area contributed by atoms with Crippen LogP contribution >= 0.6 is 22.9 Å². The number of carbonyl (C=O) groups is 1. The van der Waals surface area contributed by atoms with Crippen LogP contribution in [-0.2, 0) is 11.2 Å². The third-order valence-electron chi connectivity index (χ3n) is 6.38. The molecule has 1 aliphatic heterocycles. The number of halogens is 1. The number of carbonyl (C=O) groups excluding carboxylic acids is 1. The van der Waals surface area contributed by atoms with Crippen LogP contribution in [0.4, 0.5) is 0 Å². The van der Waals surface area contributed by atoms with E-state index in [4.69, 9.17) is 21.7 Å². The lowest BCUT2D eigenvalue weighted by atomic mass is 10.0. The van der Waals surface area contributed by atoms with Crippen molar-refractivity contribution >= 4 is 39.7 Å². The molecule has 5 rings (SSSR count). The van der Waals surface area contributed by atoms with E-state index in [9.17, 15) is 4.79 Å². The standard InChI is InChI=1S/C27H29ClN4OS/c1-17(2)26-25(19-9-7-8-18(3)14-19)29-27(34-26)32-23-11-10-20(28)15-21(23)22(30-32)16-24(33)31-12-5-4-6-13-31/h7-11,14-15,17H,4-6,12-13,16H2,1-3H3. The molecule has 4 aromatic rings. The lowest BCUT2D eigenvalue weighted by Crippen LogP contribution is -2.36. The second kappa shape index (κ2) is 9.51. The van der Waals surface area contributed by atoms with Crippen molar-refractivity contribution in [3.63, 3.8) is 0 Å². The average molecular weight is 493 g/mol. The number of piperidine rings is 1. The molecule has 34 heavy (non-hydrogen) atoms. The summed E-state index contributed by atoms with van der Waals surface area (Å²) in [5.74, 6) is 0.465. The van der Waals surface area contributed by atoms with Crippen molar-refractivity contribution in [3.8, 4) is 16.4 Å². The van der Waals surface area contributed by atoms with Crippen molar-refractivity contribution in [1.29, 1.82) is 0 Å². The van der Waals surface area contributed by atoms with E-state index in [1.807, 2.05) is 27.8 Å². The fraction of sp³-hybridized carbons (Fsp3) is 0.370. The molecule has 0 saturated carbocycles. The topological polar surface area (TPSA) is 51.0 Å². The van der Waals surface area contributed by atoms with Crippen LogP contribution in [0.1, 0.15) is 55.2 Å². The number of aromatic nitrogens is 3. The highest BCUT2D eigenvalue weighted by Gasteiger charge is 2.23. The van der Waals surface area contributed by atoms with Crippen LogP contribution in [0, 0.1) is 6.92 Å². The van der Waals surface area contributed by atoms with Gasteiger partial charge >= 0.3 is 0 Å². The smallest absolute Gasteiger partial charge is 0.228 e. The first-order valence-electron chi connectivity index (χ1n) is 11.9. The predicted molar refractivity (Wildman–Crippen MR) is 140 cm³/mol. The maximum absolute atomic E-state index is 13.0. The van der Waals surface area contributed by atoms with E-state index >= 15 is 0 Å². The van der Waals surface area contributed by atoms with Crippen LogP contribution in [0.15, 0.2) is 42.5 Å². The molecule has 2 aromatic heterocycles. The Kier molecular flexibility index (Phi) is 6.45.